The van der Waals surface area contributed by atoms with Gasteiger partial charge < -0.3 is 20.1 Å². The Morgan fingerprint density at radius 3 is 2.48 bits per heavy atom. The number of carbonyl (C=O) groups excluding carboxylic acids is 1. The molecule has 0 aliphatic heterocycles. The standard InChI is InChI=1S/C15H22F2N2O3.ClH/c1-15(2,8-18)9-19(3)13(20)10-6-5-7-11(21-4)12(10)22-14(16)17;/h5-7,14H,8-9,18H2,1-4H3;1H. The zero-order valence-electron chi connectivity index (χ0n) is 13.6. The molecule has 0 aliphatic rings. The van der Waals surface area contributed by atoms with Crippen molar-refractivity contribution in [1.82, 2.24) is 4.90 Å². The third-order valence-corrected chi connectivity index (χ3v) is 3.20. The van der Waals surface area contributed by atoms with Crippen LogP contribution in [0.3, 0.4) is 0 Å². The van der Waals surface area contributed by atoms with Crippen molar-refractivity contribution >= 4 is 18.3 Å². The second-order valence-corrected chi connectivity index (χ2v) is 5.75. The van der Waals surface area contributed by atoms with E-state index in [0.29, 0.717) is 13.1 Å². The van der Waals surface area contributed by atoms with E-state index in [9.17, 15) is 13.6 Å². The number of rotatable bonds is 7. The highest BCUT2D eigenvalue weighted by Crippen LogP contribution is 2.33. The SMILES string of the molecule is COc1cccc(C(=O)N(C)CC(C)(C)CN)c1OC(F)F.Cl. The van der Waals surface area contributed by atoms with Crippen molar-refractivity contribution in [2.45, 2.75) is 20.5 Å². The number of halogens is 3. The smallest absolute Gasteiger partial charge is 0.387 e. The fraction of sp³-hybridized carbons (Fsp3) is 0.533. The highest BCUT2D eigenvalue weighted by atomic mass is 35.5. The van der Waals surface area contributed by atoms with E-state index in [1.807, 2.05) is 13.8 Å². The molecule has 0 aromatic heterocycles. The predicted octanol–water partition coefficient (Wildman–Crippen LogP) is 2.78. The number of methoxy groups -OCH3 is 1. The Kier molecular flexibility index (Phi) is 8.26. The largest absolute Gasteiger partial charge is 0.493 e. The predicted molar refractivity (Wildman–Crippen MR) is 86.7 cm³/mol. The fourth-order valence-corrected chi connectivity index (χ4v) is 2.04. The summed E-state index contributed by atoms with van der Waals surface area (Å²) in [5, 5.41) is 0. The summed E-state index contributed by atoms with van der Waals surface area (Å²) in [7, 11) is 2.91. The molecule has 5 nitrogen and oxygen atoms in total. The second kappa shape index (κ2) is 8.88. The molecule has 0 radical (unpaired) electrons. The van der Waals surface area contributed by atoms with Crippen LogP contribution in [0, 0.1) is 5.41 Å². The van der Waals surface area contributed by atoms with Crippen molar-refractivity contribution in [3.63, 3.8) is 0 Å². The van der Waals surface area contributed by atoms with Crippen LogP contribution in [0.2, 0.25) is 0 Å². The van der Waals surface area contributed by atoms with Gasteiger partial charge in [0.1, 0.15) is 0 Å². The lowest BCUT2D eigenvalue weighted by atomic mass is 9.93. The Labute approximate surface area is 141 Å². The fourth-order valence-electron chi connectivity index (χ4n) is 2.04. The van der Waals surface area contributed by atoms with Crippen LogP contribution in [0.25, 0.3) is 0 Å². The summed E-state index contributed by atoms with van der Waals surface area (Å²) < 4.78 is 34.6. The van der Waals surface area contributed by atoms with E-state index < -0.39 is 12.5 Å². The minimum Gasteiger partial charge on any atom is -0.493 e. The molecule has 8 heteroatoms. The van der Waals surface area contributed by atoms with E-state index in [4.69, 9.17) is 10.5 Å². The van der Waals surface area contributed by atoms with Gasteiger partial charge in [-0.3, -0.25) is 4.79 Å². The normalized spacial score (nSPS) is 11.0. The van der Waals surface area contributed by atoms with E-state index in [-0.39, 0.29) is 34.9 Å². The third-order valence-electron chi connectivity index (χ3n) is 3.20. The lowest BCUT2D eigenvalue weighted by Crippen LogP contribution is -2.39. The number of benzene rings is 1. The molecule has 0 fully saturated rings. The molecule has 0 saturated carbocycles. The first-order valence-corrected chi connectivity index (χ1v) is 6.79. The molecule has 2 N–H and O–H groups in total. The van der Waals surface area contributed by atoms with E-state index >= 15 is 0 Å². The van der Waals surface area contributed by atoms with Crippen LogP contribution in [0.15, 0.2) is 18.2 Å². The van der Waals surface area contributed by atoms with Crippen LogP contribution in [-0.2, 0) is 0 Å². The first-order valence-electron chi connectivity index (χ1n) is 6.79. The van der Waals surface area contributed by atoms with E-state index in [1.165, 1.54) is 24.1 Å². The Morgan fingerprint density at radius 2 is 2.00 bits per heavy atom. The van der Waals surface area contributed by atoms with Crippen LogP contribution < -0.4 is 15.2 Å². The van der Waals surface area contributed by atoms with Gasteiger partial charge in [0, 0.05) is 13.6 Å². The molecule has 1 rings (SSSR count). The van der Waals surface area contributed by atoms with Crippen molar-refractivity contribution in [2.75, 3.05) is 27.2 Å². The van der Waals surface area contributed by atoms with E-state index in [0.717, 1.165) is 0 Å². The van der Waals surface area contributed by atoms with Gasteiger partial charge in [0.25, 0.3) is 5.91 Å². The third kappa shape index (κ3) is 5.84. The monoisotopic (exact) mass is 352 g/mol. The van der Waals surface area contributed by atoms with Gasteiger partial charge in [-0.15, -0.1) is 12.4 Å². The maximum Gasteiger partial charge on any atom is 0.387 e. The van der Waals surface area contributed by atoms with Gasteiger partial charge in [-0.05, 0) is 24.1 Å². The highest BCUT2D eigenvalue weighted by molar-refractivity contribution is 5.97. The molecule has 0 atom stereocenters. The molecule has 0 spiro atoms. The quantitative estimate of drug-likeness (QED) is 0.819. The highest BCUT2D eigenvalue weighted by Gasteiger charge is 2.26. The molecule has 0 bridgehead atoms. The van der Waals surface area contributed by atoms with Gasteiger partial charge in [0.15, 0.2) is 11.5 Å². The van der Waals surface area contributed by atoms with Crippen molar-refractivity contribution in [2.24, 2.45) is 11.1 Å². The first kappa shape index (κ1) is 21.4. The van der Waals surface area contributed by atoms with E-state index in [1.54, 1.807) is 13.1 Å². The minimum atomic E-state index is -3.05. The summed E-state index contributed by atoms with van der Waals surface area (Å²) in [5.74, 6) is -0.615. The molecule has 1 aromatic rings. The van der Waals surface area contributed by atoms with Gasteiger partial charge in [-0.25, -0.2) is 0 Å². The van der Waals surface area contributed by atoms with Crippen molar-refractivity contribution in [1.29, 1.82) is 0 Å². The van der Waals surface area contributed by atoms with Crippen LogP contribution in [0.4, 0.5) is 8.78 Å². The number of nitrogens with zero attached hydrogens (tertiary/aromatic N) is 1. The van der Waals surface area contributed by atoms with Gasteiger partial charge in [-0.1, -0.05) is 19.9 Å². The Morgan fingerprint density at radius 1 is 1.39 bits per heavy atom. The van der Waals surface area contributed by atoms with Crippen molar-refractivity contribution in [3.8, 4) is 11.5 Å². The van der Waals surface area contributed by atoms with Crippen molar-refractivity contribution in [3.05, 3.63) is 23.8 Å². The summed E-state index contributed by atoms with van der Waals surface area (Å²) in [4.78, 5) is 13.9. The summed E-state index contributed by atoms with van der Waals surface area (Å²) in [6, 6.07) is 4.43. The Hall–Kier alpha value is -1.60. The number of alkyl halides is 2. The summed E-state index contributed by atoms with van der Waals surface area (Å²) in [5.41, 5.74) is 5.39. The second-order valence-electron chi connectivity index (χ2n) is 5.75. The lowest BCUT2D eigenvalue weighted by Gasteiger charge is -2.29. The summed E-state index contributed by atoms with van der Waals surface area (Å²) in [6.45, 7) is 1.56. The average molecular weight is 353 g/mol. The first-order chi connectivity index (χ1) is 10.2. The van der Waals surface area contributed by atoms with Crippen LogP contribution in [0.1, 0.15) is 24.2 Å². The van der Waals surface area contributed by atoms with Gasteiger partial charge >= 0.3 is 6.61 Å². The Bertz CT molecular complexity index is 527. The molecule has 0 saturated heterocycles. The molecular weight excluding hydrogens is 330 g/mol. The molecular formula is C15H23ClF2N2O3. The van der Waals surface area contributed by atoms with Crippen molar-refractivity contribution < 1.29 is 23.0 Å². The zero-order valence-corrected chi connectivity index (χ0v) is 14.5. The number of hydrogen-bond donors (Lipinski definition) is 1. The van der Waals surface area contributed by atoms with Gasteiger partial charge in [0.05, 0.1) is 12.7 Å². The van der Waals surface area contributed by atoms with E-state index in [2.05, 4.69) is 4.74 Å². The summed E-state index contributed by atoms with van der Waals surface area (Å²) >= 11 is 0. The number of amides is 1. The maximum absolute atomic E-state index is 12.6. The van der Waals surface area contributed by atoms with Gasteiger partial charge in [0.2, 0.25) is 0 Å². The average Bonchev–Trinajstić information content (AvgIpc) is 2.45. The molecule has 132 valence electrons. The molecule has 0 aliphatic carbocycles. The maximum atomic E-state index is 12.6. The lowest BCUT2D eigenvalue weighted by molar-refractivity contribution is -0.0516. The minimum absolute atomic E-state index is 0. The number of para-hydroxylation sites is 1. The van der Waals surface area contributed by atoms with Crippen LogP contribution in [-0.4, -0.2) is 44.7 Å². The Balaban J connectivity index is 0.00000484. The molecule has 1 aromatic carbocycles. The van der Waals surface area contributed by atoms with Crippen LogP contribution >= 0.6 is 12.4 Å². The molecule has 0 unspecified atom stereocenters. The zero-order chi connectivity index (χ0) is 16.9. The molecule has 1 amide bonds. The molecule has 0 heterocycles. The number of ether oxygens (including phenoxy) is 2. The number of hydrogen-bond acceptors (Lipinski definition) is 4. The summed E-state index contributed by atoms with van der Waals surface area (Å²) in [6.07, 6.45) is 0. The van der Waals surface area contributed by atoms with Crippen LogP contribution in [0.5, 0.6) is 11.5 Å². The van der Waals surface area contributed by atoms with Gasteiger partial charge in [-0.2, -0.15) is 8.78 Å². The topological polar surface area (TPSA) is 64.8 Å². The number of nitrogens with two attached hydrogens (primary N) is 1. The number of carbonyl (C=O) groups is 1. The molecule has 23 heavy (non-hydrogen) atoms.